The average molecular weight is 305 g/mol. The van der Waals surface area contributed by atoms with Gasteiger partial charge in [-0.15, -0.1) is 0 Å². The molecule has 1 aliphatic heterocycles. The number of hydrogen-bond acceptors (Lipinski definition) is 7. The molecule has 0 bridgehead atoms. The molecule has 1 aliphatic rings. The Hall–Kier alpha value is -2.77. The molecule has 8 heteroatoms. The zero-order valence-corrected chi connectivity index (χ0v) is 12.8. The summed E-state index contributed by atoms with van der Waals surface area (Å²) in [5, 5.41) is 13.8. The lowest BCUT2D eigenvalue weighted by molar-refractivity contribution is -0.402. The van der Waals surface area contributed by atoms with Crippen molar-refractivity contribution in [2.75, 3.05) is 13.1 Å². The van der Waals surface area contributed by atoms with Gasteiger partial charge in [-0.1, -0.05) is 0 Å². The summed E-state index contributed by atoms with van der Waals surface area (Å²) in [5.74, 6) is 0.577. The number of nitrogens with zero attached hydrogens (tertiary/aromatic N) is 3. The molecule has 2 heterocycles. The van der Waals surface area contributed by atoms with E-state index in [0.717, 1.165) is 13.1 Å². The summed E-state index contributed by atoms with van der Waals surface area (Å²) in [6.07, 6.45) is 1.91. The number of nitrogens with two attached hydrogens (primary N) is 1. The molecule has 3 N–H and O–H groups in total. The van der Waals surface area contributed by atoms with Crippen LogP contribution in [0, 0.1) is 10.1 Å². The van der Waals surface area contributed by atoms with E-state index in [-0.39, 0.29) is 11.6 Å². The first-order valence-electron chi connectivity index (χ1n) is 6.99. The first-order valence-corrected chi connectivity index (χ1v) is 6.99. The Kier molecular flexibility index (Phi) is 4.50. The normalized spacial score (nSPS) is 16.5. The summed E-state index contributed by atoms with van der Waals surface area (Å²) in [6.45, 7) is 7.56. The zero-order chi connectivity index (χ0) is 16.3. The molecule has 0 amide bonds. The fourth-order valence-corrected chi connectivity index (χ4v) is 2.08. The molecule has 0 atom stereocenters. The molecule has 1 aromatic heterocycles. The number of furan rings is 1. The number of nitrogens with one attached hydrogen (secondary N) is 1. The van der Waals surface area contributed by atoms with Crippen LogP contribution >= 0.6 is 0 Å². The van der Waals surface area contributed by atoms with Crippen molar-refractivity contribution in [1.29, 1.82) is 0 Å². The van der Waals surface area contributed by atoms with Crippen LogP contribution in [-0.4, -0.2) is 28.7 Å². The minimum atomic E-state index is -0.593. The highest BCUT2D eigenvalue weighted by molar-refractivity contribution is 5.91. The quantitative estimate of drug-likeness (QED) is 0.636. The van der Waals surface area contributed by atoms with Gasteiger partial charge in [0.05, 0.1) is 17.5 Å². The summed E-state index contributed by atoms with van der Waals surface area (Å²) < 4.78 is 5.20. The third-order valence-corrected chi connectivity index (χ3v) is 3.27. The predicted octanol–water partition coefficient (Wildman–Crippen LogP) is 2.02. The van der Waals surface area contributed by atoms with Crippen molar-refractivity contribution in [2.45, 2.75) is 20.8 Å². The minimum Gasteiger partial charge on any atom is -0.399 e. The van der Waals surface area contributed by atoms with Crippen molar-refractivity contribution >= 4 is 17.4 Å². The van der Waals surface area contributed by atoms with Crippen molar-refractivity contribution in [2.24, 2.45) is 10.7 Å². The van der Waals surface area contributed by atoms with Crippen LogP contribution < -0.4 is 11.1 Å². The monoisotopic (exact) mass is 305 g/mol. The van der Waals surface area contributed by atoms with Crippen molar-refractivity contribution in [3.8, 4) is 0 Å². The van der Waals surface area contributed by atoms with Crippen molar-refractivity contribution < 1.29 is 9.34 Å². The molecule has 2 rings (SSSR count). The molecule has 118 valence electrons. The number of nitro groups is 1. The first-order chi connectivity index (χ1) is 10.5. The molecule has 22 heavy (non-hydrogen) atoms. The van der Waals surface area contributed by atoms with Gasteiger partial charge in [0.2, 0.25) is 0 Å². The van der Waals surface area contributed by atoms with E-state index in [2.05, 4.69) is 15.2 Å². The molecule has 0 saturated heterocycles. The molecule has 0 aliphatic carbocycles. The summed E-state index contributed by atoms with van der Waals surface area (Å²) >= 11 is 0. The highest BCUT2D eigenvalue weighted by Crippen LogP contribution is 2.28. The van der Waals surface area contributed by atoms with Gasteiger partial charge in [0.25, 0.3) is 0 Å². The summed E-state index contributed by atoms with van der Waals surface area (Å²) in [6, 6.07) is 2.79. The second-order valence-corrected chi connectivity index (χ2v) is 4.74. The summed E-state index contributed by atoms with van der Waals surface area (Å²) in [5.41, 5.74) is 7.63. The van der Waals surface area contributed by atoms with Crippen LogP contribution in [-0.2, 0) is 0 Å². The molecule has 8 nitrogen and oxygen atoms in total. The predicted molar refractivity (Wildman–Crippen MR) is 83.7 cm³/mol. The molecule has 0 fully saturated rings. The van der Waals surface area contributed by atoms with E-state index in [1.807, 2.05) is 20.0 Å². The van der Waals surface area contributed by atoms with Gasteiger partial charge in [-0.3, -0.25) is 10.1 Å². The van der Waals surface area contributed by atoms with Gasteiger partial charge in [0.15, 0.2) is 5.76 Å². The zero-order valence-electron chi connectivity index (χ0n) is 12.8. The van der Waals surface area contributed by atoms with E-state index in [1.54, 1.807) is 6.92 Å². The Balaban J connectivity index is 2.44. The lowest BCUT2D eigenvalue weighted by Gasteiger charge is -2.22. The van der Waals surface area contributed by atoms with E-state index in [1.165, 1.54) is 12.1 Å². The maximum Gasteiger partial charge on any atom is 0.433 e. The second kappa shape index (κ2) is 6.33. The Morgan fingerprint density at radius 3 is 2.68 bits per heavy atom. The van der Waals surface area contributed by atoms with Gasteiger partial charge in [0.1, 0.15) is 16.5 Å². The van der Waals surface area contributed by atoms with E-state index in [9.17, 15) is 10.1 Å². The van der Waals surface area contributed by atoms with Crippen molar-refractivity contribution in [1.82, 2.24) is 10.2 Å². The largest absolute Gasteiger partial charge is 0.433 e. The SMILES string of the molecule is CCN(C=C1NC(C)=NC(c2ccc([N+](=O)[O-])o2)=C1N)CC. The Labute approximate surface area is 128 Å². The molecule has 0 unspecified atom stereocenters. The molecular weight excluding hydrogens is 286 g/mol. The fraction of sp³-hybridized carbons (Fsp3) is 0.357. The fourth-order valence-electron chi connectivity index (χ4n) is 2.08. The molecule has 1 aromatic rings. The smallest absolute Gasteiger partial charge is 0.399 e. The Bertz CT molecular complexity index is 668. The molecule has 0 spiro atoms. The third kappa shape index (κ3) is 3.11. The third-order valence-electron chi connectivity index (χ3n) is 3.27. The van der Waals surface area contributed by atoms with Crippen LogP contribution in [0.25, 0.3) is 5.70 Å². The highest BCUT2D eigenvalue weighted by Gasteiger charge is 2.22. The second-order valence-electron chi connectivity index (χ2n) is 4.74. The van der Waals surface area contributed by atoms with Crippen molar-refractivity contribution in [3.05, 3.63) is 45.6 Å². The van der Waals surface area contributed by atoms with Crippen molar-refractivity contribution in [3.63, 3.8) is 0 Å². The molecule has 0 saturated carbocycles. The van der Waals surface area contributed by atoms with E-state index in [0.29, 0.717) is 22.9 Å². The Morgan fingerprint density at radius 1 is 1.45 bits per heavy atom. The number of aliphatic imine (C=N–C) groups is 1. The topological polar surface area (TPSA) is 110 Å². The van der Waals surface area contributed by atoms with Crippen LogP contribution in [0.4, 0.5) is 5.88 Å². The number of rotatable bonds is 5. The number of amidine groups is 1. The summed E-state index contributed by atoms with van der Waals surface area (Å²) in [7, 11) is 0. The van der Waals surface area contributed by atoms with Gasteiger partial charge >= 0.3 is 5.88 Å². The van der Waals surface area contributed by atoms with E-state index < -0.39 is 4.92 Å². The Morgan fingerprint density at radius 2 is 2.14 bits per heavy atom. The van der Waals surface area contributed by atoms with Crippen LogP contribution in [0.5, 0.6) is 0 Å². The van der Waals surface area contributed by atoms with Crippen LogP contribution in [0.1, 0.15) is 26.5 Å². The van der Waals surface area contributed by atoms with E-state index in [4.69, 9.17) is 10.2 Å². The average Bonchev–Trinajstić information content (AvgIpc) is 2.97. The molecular formula is C14H19N5O3. The van der Waals surface area contributed by atoms with Gasteiger partial charge < -0.3 is 20.4 Å². The van der Waals surface area contributed by atoms with Gasteiger partial charge in [-0.2, -0.15) is 0 Å². The minimum absolute atomic E-state index is 0.274. The molecule has 0 aromatic carbocycles. The standard InChI is InChI=1S/C14H19N5O3/c1-4-18(5-2)8-10-13(15)14(17-9(3)16-10)11-6-7-12(22-11)19(20)21/h6-8H,4-5,15H2,1-3H3,(H,16,17). The first kappa shape index (κ1) is 15.6. The van der Waals surface area contributed by atoms with Gasteiger partial charge in [-0.25, -0.2) is 4.99 Å². The van der Waals surface area contributed by atoms with Crippen LogP contribution in [0.2, 0.25) is 0 Å². The summed E-state index contributed by atoms with van der Waals surface area (Å²) in [4.78, 5) is 16.5. The lowest BCUT2D eigenvalue weighted by atomic mass is 10.2. The van der Waals surface area contributed by atoms with E-state index >= 15 is 0 Å². The van der Waals surface area contributed by atoms with Crippen LogP contribution in [0.3, 0.4) is 0 Å². The van der Waals surface area contributed by atoms with Crippen LogP contribution in [0.15, 0.2) is 39.1 Å². The number of hydrogen-bond donors (Lipinski definition) is 2. The maximum atomic E-state index is 10.7. The van der Waals surface area contributed by atoms with Gasteiger partial charge in [0, 0.05) is 19.3 Å². The van der Waals surface area contributed by atoms with Gasteiger partial charge in [-0.05, 0) is 26.8 Å². The highest BCUT2D eigenvalue weighted by atomic mass is 16.6. The maximum absolute atomic E-state index is 10.7. The molecule has 0 radical (unpaired) electrons. The lowest BCUT2D eigenvalue weighted by Crippen LogP contribution is -2.31.